The van der Waals surface area contributed by atoms with E-state index in [2.05, 4.69) is 40.2 Å². The molecule has 0 bridgehead atoms. The van der Waals surface area contributed by atoms with Crippen LogP contribution in [-0.4, -0.2) is 10.4 Å². The molecule has 2 heterocycles. The van der Waals surface area contributed by atoms with Crippen LogP contribution >= 0.6 is 15.9 Å². The molecular formula is C22H18BrNO2. The van der Waals surface area contributed by atoms with Crippen LogP contribution in [0.1, 0.15) is 23.7 Å². The van der Waals surface area contributed by atoms with Gasteiger partial charge in [-0.05, 0) is 51.2 Å². The van der Waals surface area contributed by atoms with Crippen molar-refractivity contribution in [2.75, 3.05) is 0 Å². The first-order valence-corrected chi connectivity index (χ1v) is 9.50. The van der Waals surface area contributed by atoms with Gasteiger partial charge in [-0.2, -0.15) is 0 Å². The minimum atomic E-state index is -0.435. The van der Waals surface area contributed by atoms with Crippen molar-refractivity contribution in [1.29, 1.82) is 0 Å². The average Bonchev–Trinajstić information content (AvgIpc) is 2.68. The minimum Gasteiger partial charge on any atom is -0.301 e. The number of aryl methyl sites for hydroxylation is 1. The van der Waals surface area contributed by atoms with Crippen molar-refractivity contribution >= 4 is 21.7 Å². The van der Waals surface area contributed by atoms with Crippen LogP contribution in [0.2, 0.25) is 0 Å². The van der Waals surface area contributed by atoms with Gasteiger partial charge >= 0.3 is 0 Å². The summed E-state index contributed by atoms with van der Waals surface area (Å²) in [7, 11) is 0. The van der Waals surface area contributed by atoms with Crippen molar-refractivity contribution in [2.45, 2.75) is 25.3 Å². The van der Waals surface area contributed by atoms with E-state index in [1.54, 1.807) is 10.6 Å². The molecule has 26 heavy (non-hydrogen) atoms. The summed E-state index contributed by atoms with van der Waals surface area (Å²) in [4.78, 5) is 25.2. The van der Waals surface area contributed by atoms with E-state index in [9.17, 15) is 9.59 Å². The van der Waals surface area contributed by atoms with Crippen molar-refractivity contribution < 1.29 is 4.79 Å². The third-order valence-electron chi connectivity index (χ3n) is 4.93. The molecule has 4 rings (SSSR count). The van der Waals surface area contributed by atoms with Crippen LogP contribution < -0.4 is 5.56 Å². The lowest BCUT2D eigenvalue weighted by atomic mass is 9.93. The molecule has 0 aliphatic carbocycles. The molecule has 3 nitrogen and oxygen atoms in total. The van der Waals surface area contributed by atoms with Gasteiger partial charge in [-0.3, -0.25) is 9.59 Å². The van der Waals surface area contributed by atoms with E-state index >= 15 is 0 Å². The maximum atomic E-state index is 12.6. The highest BCUT2D eigenvalue weighted by Gasteiger charge is 2.28. The van der Waals surface area contributed by atoms with Gasteiger partial charge in [0.25, 0.3) is 5.56 Å². The summed E-state index contributed by atoms with van der Waals surface area (Å²) in [6.45, 7) is 0. The normalized spacial score (nSPS) is 16.3. The summed E-state index contributed by atoms with van der Waals surface area (Å²) in [5.74, 6) is 0.128. The SMILES string of the molecule is O=C1CCc2ccc(Br)c(=O)n2C1Cc1cccc(-c2ccccc2)c1. The van der Waals surface area contributed by atoms with Gasteiger partial charge in [0.1, 0.15) is 0 Å². The Morgan fingerprint density at radius 1 is 0.885 bits per heavy atom. The molecule has 3 aromatic rings. The molecule has 130 valence electrons. The Morgan fingerprint density at radius 3 is 2.46 bits per heavy atom. The topological polar surface area (TPSA) is 39.1 Å². The largest absolute Gasteiger partial charge is 0.301 e. The van der Waals surface area contributed by atoms with Gasteiger partial charge in [-0.15, -0.1) is 0 Å². The number of carbonyl (C=O) groups is 1. The maximum Gasteiger partial charge on any atom is 0.265 e. The number of rotatable bonds is 3. The first kappa shape index (κ1) is 17.0. The highest BCUT2D eigenvalue weighted by atomic mass is 79.9. The molecule has 2 aromatic carbocycles. The monoisotopic (exact) mass is 407 g/mol. The van der Waals surface area contributed by atoms with E-state index in [1.807, 2.05) is 36.4 Å². The van der Waals surface area contributed by atoms with Gasteiger partial charge in [-0.1, -0.05) is 54.6 Å². The van der Waals surface area contributed by atoms with Crippen LogP contribution in [-0.2, 0) is 17.6 Å². The molecule has 4 heteroatoms. The predicted molar refractivity (Wildman–Crippen MR) is 106 cm³/mol. The third kappa shape index (κ3) is 3.17. The fraction of sp³-hybridized carbons (Fsp3) is 0.182. The van der Waals surface area contributed by atoms with Gasteiger partial charge < -0.3 is 4.57 Å². The molecule has 1 aromatic heterocycles. The number of aromatic nitrogens is 1. The van der Waals surface area contributed by atoms with Crippen LogP contribution in [0.5, 0.6) is 0 Å². The zero-order chi connectivity index (χ0) is 18.1. The summed E-state index contributed by atoms with van der Waals surface area (Å²) < 4.78 is 2.17. The van der Waals surface area contributed by atoms with E-state index in [0.717, 1.165) is 22.4 Å². The maximum absolute atomic E-state index is 12.6. The van der Waals surface area contributed by atoms with Crippen LogP contribution in [0.3, 0.4) is 0 Å². The minimum absolute atomic E-state index is 0.125. The van der Waals surface area contributed by atoms with E-state index in [4.69, 9.17) is 0 Å². The van der Waals surface area contributed by atoms with Gasteiger partial charge in [0.15, 0.2) is 5.78 Å². The zero-order valence-corrected chi connectivity index (χ0v) is 15.8. The Bertz CT molecular complexity index is 1020. The number of hydrogen-bond acceptors (Lipinski definition) is 2. The molecule has 1 aliphatic heterocycles. The standard InChI is InChI=1S/C22H18BrNO2/c23-19-11-9-18-10-12-21(25)20(24(18)22(19)26)14-15-5-4-8-17(13-15)16-6-2-1-3-7-16/h1-9,11,13,20H,10,12,14H2. The van der Waals surface area contributed by atoms with Crippen LogP contribution in [0.15, 0.2) is 76.0 Å². The fourth-order valence-electron chi connectivity index (χ4n) is 3.61. The molecule has 0 radical (unpaired) electrons. The predicted octanol–water partition coefficient (Wildman–Crippen LogP) is 4.58. The van der Waals surface area contributed by atoms with Gasteiger partial charge in [0, 0.05) is 18.5 Å². The summed E-state index contributed by atoms with van der Waals surface area (Å²) >= 11 is 3.30. The van der Waals surface area contributed by atoms with Crippen molar-refractivity contribution in [2.24, 2.45) is 0 Å². The second-order valence-electron chi connectivity index (χ2n) is 6.60. The quantitative estimate of drug-likeness (QED) is 0.637. The first-order valence-electron chi connectivity index (χ1n) is 8.70. The summed E-state index contributed by atoms with van der Waals surface area (Å²) in [6, 6.07) is 21.7. The molecule has 1 atom stereocenters. The number of hydrogen-bond donors (Lipinski definition) is 0. The number of pyridine rings is 1. The Kier molecular flexibility index (Phi) is 4.60. The van der Waals surface area contributed by atoms with E-state index < -0.39 is 6.04 Å². The first-order chi connectivity index (χ1) is 12.6. The summed E-state index contributed by atoms with van der Waals surface area (Å²) in [5, 5.41) is 0. The Hall–Kier alpha value is -2.46. The van der Waals surface area contributed by atoms with Crippen molar-refractivity contribution in [3.63, 3.8) is 0 Å². The van der Waals surface area contributed by atoms with Crippen LogP contribution in [0.4, 0.5) is 0 Å². The van der Waals surface area contributed by atoms with E-state index in [0.29, 0.717) is 23.7 Å². The fourth-order valence-corrected chi connectivity index (χ4v) is 3.93. The molecule has 1 unspecified atom stereocenters. The zero-order valence-electron chi connectivity index (χ0n) is 14.2. The highest BCUT2D eigenvalue weighted by Crippen LogP contribution is 2.27. The Morgan fingerprint density at radius 2 is 1.65 bits per heavy atom. The Labute approximate surface area is 160 Å². The second kappa shape index (κ2) is 7.04. The second-order valence-corrected chi connectivity index (χ2v) is 7.45. The van der Waals surface area contributed by atoms with Crippen LogP contribution in [0, 0.1) is 0 Å². The lowest BCUT2D eigenvalue weighted by Crippen LogP contribution is -2.37. The lowest BCUT2D eigenvalue weighted by Gasteiger charge is -2.27. The number of carbonyl (C=O) groups excluding carboxylic acids is 1. The number of nitrogens with zero attached hydrogens (tertiary/aromatic N) is 1. The number of ketones is 1. The molecule has 0 saturated heterocycles. The summed E-state index contributed by atoms with van der Waals surface area (Å²) in [6.07, 6.45) is 1.65. The summed E-state index contributed by atoms with van der Waals surface area (Å²) in [5.41, 5.74) is 4.13. The molecule has 0 saturated carbocycles. The Balaban J connectivity index is 1.72. The molecule has 0 fully saturated rings. The molecule has 0 N–H and O–H groups in total. The lowest BCUT2D eigenvalue weighted by molar-refractivity contribution is -0.123. The van der Waals surface area contributed by atoms with E-state index in [1.165, 1.54) is 0 Å². The van der Waals surface area contributed by atoms with E-state index in [-0.39, 0.29) is 11.3 Å². The molecule has 1 aliphatic rings. The van der Waals surface area contributed by atoms with Gasteiger partial charge in [-0.25, -0.2) is 0 Å². The number of fused-ring (bicyclic) bond motifs is 1. The number of Topliss-reactive ketones (excluding diaryl/α,β-unsaturated/α-hetero) is 1. The van der Waals surface area contributed by atoms with Crippen molar-refractivity contribution in [3.05, 3.63) is 92.8 Å². The molecular weight excluding hydrogens is 390 g/mol. The number of benzene rings is 2. The third-order valence-corrected chi connectivity index (χ3v) is 5.53. The smallest absolute Gasteiger partial charge is 0.265 e. The van der Waals surface area contributed by atoms with Gasteiger partial charge in [0.2, 0.25) is 0 Å². The molecule has 0 amide bonds. The number of halogens is 1. The average molecular weight is 408 g/mol. The molecule has 0 spiro atoms. The van der Waals surface area contributed by atoms with Crippen molar-refractivity contribution in [3.8, 4) is 11.1 Å². The van der Waals surface area contributed by atoms with Gasteiger partial charge in [0.05, 0.1) is 10.5 Å². The van der Waals surface area contributed by atoms with Crippen molar-refractivity contribution in [1.82, 2.24) is 4.57 Å². The highest BCUT2D eigenvalue weighted by molar-refractivity contribution is 9.10. The van der Waals surface area contributed by atoms with Crippen LogP contribution in [0.25, 0.3) is 11.1 Å².